The van der Waals surface area contributed by atoms with E-state index in [9.17, 15) is 27.5 Å². The van der Waals surface area contributed by atoms with Crippen molar-refractivity contribution < 1.29 is 37.4 Å². The highest BCUT2D eigenvalue weighted by Gasteiger charge is 2.31. The Labute approximate surface area is 167 Å². The first kappa shape index (κ1) is 21.7. The fourth-order valence-corrected chi connectivity index (χ4v) is 2.79. The lowest BCUT2D eigenvalue weighted by Crippen LogP contribution is -2.31. The fourth-order valence-electron chi connectivity index (χ4n) is 2.79. The number of hydrogen-bond acceptors (Lipinski definition) is 5. The second-order valence-electron chi connectivity index (χ2n) is 6.43. The van der Waals surface area contributed by atoms with Gasteiger partial charge in [-0.15, -0.1) is 0 Å². The first-order chi connectivity index (χ1) is 14.2. The Morgan fingerprint density at radius 3 is 2.70 bits per heavy atom. The molecule has 0 fully saturated rings. The number of aromatic nitrogens is 2. The van der Waals surface area contributed by atoms with Crippen LogP contribution in [0.2, 0.25) is 0 Å². The van der Waals surface area contributed by atoms with Crippen LogP contribution in [-0.4, -0.2) is 45.0 Å². The van der Waals surface area contributed by atoms with Gasteiger partial charge in [-0.1, -0.05) is 6.07 Å². The van der Waals surface area contributed by atoms with Crippen molar-refractivity contribution in [2.45, 2.75) is 18.8 Å². The summed E-state index contributed by atoms with van der Waals surface area (Å²) in [6.07, 6.45) is -2.95. The second-order valence-corrected chi connectivity index (χ2v) is 6.43. The maximum absolute atomic E-state index is 14.3. The molecule has 0 saturated heterocycles. The van der Waals surface area contributed by atoms with Crippen LogP contribution in [0.4, 0.5) is 17.6 Å². The second kappa shape index (κ2) is 8.78. The molecule has 1 atom stereocenters. The molecular formula is C19H17F4N3O4. The molecule has 7 nitrogen and oxygen atoms in total. The van der Waals surface area contributed by atoms with Gasteiger partial charge in [0.25, 0.3) is 5.91 Å². The first-order valence-corrected chi connectivity index (χ1v) is 8.70. The summed E-state index contributed by atoms with van der Waals surface area (Å²) in [6.45, 7) is -1.16. The number of carbonyl (C=O) groups excluding carboxylic acids is 1. The normalized spacial score (nSPS) is 12.9. The Morgan fingerprint density at radius 1 is 1.27 bits per heavy atom. The number of hydroxylamine groups is 1. The smallest absolute Gasteiger partial charge is 0.394 e. The number of fused-ring (bicyclic) bond motifs is 1. The molecule has 2 aromatic heterocycles. The number of alkyl halides is 3. The van der Waals surface area contributed by atoms with Crippen LogP contribution in [0.5, 0.6) is 0 Å². The monoisotopic (exact) mass is 427 g/mol. The molecule has 0 spiro atoms. The van der Waals surface area contributed by atoms with Crippen molar-refractivity contribution in [2.24, 2.45) is 0 Å². The van der Waals surface area contributed by atoms with Crippen LogP contribution >= 0.6 is 0 Å². The summed E-state index contributed by atoms with van der Waals surface area (Å²) in [6, 6.07) is 5.28. The molecule has 160 valence electrons. The Hall–Kier alpha value is -3.02. The highest BCUT2D eigenvalue weighted by atomic mass is 19.4. The summed E-state index contributed by atoms with van der Waals surface area (Å²) < 4.78 is 54.0. The number of carbonyl (C=O) groups is 1. The zero-order valence-electron chi connectivity index (χ0n) is 15.4. The first-order valence-electron chi connectivity index (χ1n) is 8.70. The molecule has 11 heteroatoms. The van der Waals surface area contributed by atoms with E-state index in [-0.39, 0.29) is 24.4 Å². The molecule has 0 bridgehead atoms. The van der Waals surface area contributed by atoms with Crippen molar-refractivity contribution in [3.8, 4) is 0 Å². The van der Waals surface area contributed by atoms with Gasteiger partial charge in [-0.2, -0.15) is 13.2 Å². The molecule has 1 amide bonds. The number of nitrogens with one attached hydrogen (secondary N) is 1. The van der Waals surface area contributed by atoms with E-state index in [0.717, 1.165) is 12.1 Å². The number of rotatable bonds is 7. The topological polar surface area (TPSA) is 96.6 Å². The van der Waals surface area contributed by atoms with E-state index >= 15 is 0 Å². The van der Waals surface area contributed by atoms with Crippen LogP contribution in [0.3, 0.4) is 0 Å². The Balaban J connectivity index is 1.91. The number of pyridine rings is 1. The number of halogens is 4. The van der Waals surface area contributed by atoms with E-state index in [2.05, 4.69) is 10.5 Å². The minimum atomic E-state index is -4.68. The van der Waals surface area contributed by atoms with Gasteiger partial charge in [0.1, 0.15) is 24.2 Å². The number of hydrogen-bond donors (Lipinski definition) is 3. The van der Waals surface area contributed by atoms with E-state index < -0.39 is 36.2 Å². The van der Waals surface area contributed by atoms with Gasteiger partial charge in [0.15, 0.2) is 0 Å². The van der Waals surface area contributed by atoms with Gasteiger partial charge in [0, 0.05) is 17.1 Å². The number of amides is 1. The molecule has 3 rings (SSSR count). The highest BCUT2D eigenvalue weighted by Crippen LogP contribution is 2.31. The van der Waals surface area contributed by atoms with Gasteiger partial charge >= 0.3 is 6.18 Å². The molecule has 0 radical (unpaired) electrons. The third-order valence-corrected chi connectivity index (χ3v) is 4.30. The van der Waals surface area contributed by atoms with E-state index in [1.165, 1.54) is 23.0 Å². The molecule has 3 aromatic rings. The van der Waals surface area contributed by atoms with Gasteiger partial charge in [-0.05, 0) is 24.3 Å². The van der Waals surface area contributed by atoms with Gasteiger partial charge in [-0.25, -0.2) is 9.87 Å². The maximum atomic E-state index is 14.3. The zero-order chi connectivity index (χ0) is 21.9. The predicted molar refractivity (Wildman–Crippen MR) is 96.7 cm³/mol. The molecule has 0 aliphatic heterocycles. The lowest BCUT2D eigenvalue weighted by atomic mass is 10.1. The van der Waals surface area contributed by atoms with Crippen molar-refractivity contribution >= 4 is 16.8 Å². The lowest BCUT2D eigenvalue weighted by Gasteiger charge is -2.14. The summed E-state index contributed by atoms with van der Waals surface area (Å²) >= 11 is 0. The molecule has 0 aliphatic rings. The van der Waals surface area contributed by atoms with Crippen molar-refractivity contribution in [3.05, 3.63) is 65.4 Å². The zero-order valence-corrected chi connectivity index (χ0v) is 15.4. The van der Waals surface area contributed by atoms with E-state index in [0.29, 0.717) is 17.0 Å². The quantitative estimate of drug-likeness (QED) is 0.397. The number of aliphatic hydroxyl groups excluding tert-OH is 2. The summed E-state index contributed by atoms with van der Waals surface area (Å²) in [4.78, 5) is 21.3. The largest absolute Gasteiger partial charge is 0.416 e. The standard InChI is InChI=1S/C19H17F4N3O4/c20-15-6-13(19(21,22)23)2-1-12(15)8-26-16(5-11-3-4-24-7-17(11)26)18(29)25-30-10-14(28)9-27/h1-7,14,27-28H,8-10H2,(H,25,29)/t14-/m1/s1. The molecule has 3 N–H and O–H groups in total. The molecule has 0 unspecified atom stereocenters. The van der Waals surface area contributed by atoms with E-state index in [1.807, 2.05) is 0 Å². The van der Waals surface area contributed by atoms with Crippen LogP contribution in [-0.2, 0) is 17.6 Å². The molecule has 1 aromatic carbocycles. The van der Waals surface area contributed by atoms with Crippen molar-refractivity contribution in [3.63, 3.8) is 0 Å². The van der Waals surface area contributed by atoms with Crippen LogP contribution in [0, 0.1) is 5.82 Å². The van der Waals surface area contributed by atoms with Crippen molar-refractivity contribution in [1.29, 1.82) is 0 Å². The third-order valence-electron chi connectivity index (χ3n) is 4.30. The van der Waals surface area contributed by atoms with Crippen molar-refractivity contribution in [1.82, 2.24) is 15.0 Å². The molecule has 0 aliphatic carbocycles. The number of aliphatic hydroxyl groups is 2. The predicted octanol–water partition coefficient (Wildman–Crippen LogP) is 2.26. The molecule has 0 saturated carbocycles. The average molecular weight is 427 g/mol. The van der Waals surface area contributed by atoms with Crippen LogP contribution in [0.15, 0.2) is 42.7 Å². The molecular weight excluding hydrogens is 410 g/mol. The van der Waals surface area contributed by atoms with Crippen LogP contribution in [0.1, 0.15) is 21.6 Å². The Morgan fingerprint density at radius 2 is 2.03 bits per heavy atom. The SMILES string of the molecule is O=C(NOC[C@H](O)CO)c1cc2ccncc2n1Cc1ccc(C(F)(F)F)cc1F. The van der Waals surface area contributed by atoms with Crippen LogP contribution < -0.4 is 5.48 Å². The summed E-state index contributed by atoms with van der Waals surface area (Å²) in [5.41, 5.74) is 1.42. The third kappa shape index (κ3) is 4.75. The van der Waals surface area contributed by atoms with E-state index in [4.69, 9.17) is 9.94 Å². The van der Waals surface area contributed by atoms with E-state index in [1.54, 1.807) is 6.07 Å². The minimum absolute atomic E-state index is 0.0378. The summed E-state index contributed by atoms with van der Waals surface area (Å²) in [5.74, 6) is -1.80. The maximum Gasteiger partial charge on any atom is 0.416 e. The number of nitrogens with zero attached hydrogens (tertiary/aromatic N) is 2. The Bertz CT molecular complexity index is 1050. The Kier molecular flexibility index (Phi) is 6.34. The van der Waals surface area contributed by atoms with Gasteiger partial charge < -0.3 is 14.8 Å². The lowest BCUT2D eigenvalue weighted by molar-refractivity contribution is -0.137. The highest BCUT2D eigenvalue weighted by molar-refractivity contribution is 5.98. The summed E-state index contributed by atoms with van der Waals surface area (Å²) in [5, 5.41) is 18.6. The molecule has 2 heterocycles. The fraction of sp³-hybridized carbons (Fsp3) is 0.263. The van der Waals surface area contributed by atoms with Gasteiger partial charge in [0.2, 0.25) is 0 Å². The van der Waals surface area contributed by atoms with Gasteiger partial charge in [-0.3, -0.25) is 14.6 Å². The number of benzene rings is 1. The van der Waals surface area contributed by atoms with Crippen LogP contribution in [0.25, 0.3) is 10.9 Å². The minimum Gasteiger partial charge on any atom is -0.394 e. The van der Waals surface area contributed by atoms with Gasteiger partial charge in [0.05, 0.1) is 30.4 Å². The molecule has 30 heavy (non-hydrogen) atoms. The van der Waals surface area contributed by atoms with Crippen molar-refractivity contribution in [2.75, 3.05) is 13.2 Å². The summed E-state index contributed by atoms with van der Waals surface area (Å²) in [7, 11) is 0. The average Bonchev–Trinajstić information content (AvgIpc) is 3.07.